The highest BCUT2D eigenvalue weighted by Crippen LogP contribution is 2.73. The average Bonchev–Trinajstić information content (AvgIpc) is 3.26. The van der Waals surface area contributed by atoms with Crippen LogP contribution in [0.15, 0.2) is 11.6 Å². The van der Waals surface area contributed by atoms with Gasteiger partial charge in [0.1, 0.15) is 11.9 Å². The molecule has 4 aliphatic carbocycles. The van der Waals surface area contributed by atoms with Crippen molar-refractivity contribution in [2.45, 2.75) is 125 Å². The van der Waals surface area contributed by atoms with E-state index in [9.17, 15) is 9.90 Å². The number of allylic oxidation sites excluding steroid dienone is 2. The number of epoxide rings is 1. The second kappa shape index (κ2) is 7.19. The SMILES string of the molecule is C[C@@H](C[C@@H](O)[C@@H]1OC1(C)C)[C@@H]1CC[C@]2(C)C3=CC[C@H]4C(C)(C)C(=O)CC[C@]4(C)[C@H]3CC[C@@]12C. The maximum atomic E-state index is 12.8. The molecule has 3 nitrogen and oxygen atoms in total. The molecule has 186 valence electrons. The molecule has 1 saturated heterocycles. The van der Waals surface area contributed by atoms with Crippen molar-refractivity contribution in [2.75, 3.05) is 0 Å². The van der Waals surface area contributed by atoms with E-state index in [-0.39, 0.29) is 39.5 Å². The molecule has 9 atom stereocenters. The number of aliphatic hydroxyl groups is 1. The van der Waals surface area contributed by atoms with Gasteiger partial charge in [-0.25, -0.2) is 0 Å². The summed E-state index contributed by atoms with van der Waals surface area (Å²) in [6.45, 7) is 18.7. The molecule has 3 saturated carbocycles. The molecule has 1 aliphatic heterocycles. The lowest BCUT2D eigenvalue weighted by molar-refractivity contribution is -0.146. The molecule has 1 heterocycles. The zero-order valence-corrected chi connectivity index (χ0v) is 22.5. The lowest BCUT2D eigenvalue weighted by Crippen LogP contribution is -2.57. The summed E-state index contributed by atoms with van der Waals surface area (Å²) in [6, 6.07) is 0. The van der Waals surface area contributed by atoms with Gasteiger partial charge in [-0.1, -0.05) is 53.2 Å². The minimum Gasteiger partial charge on any atom is -0.390 e. The highest BCUT2D eigenvalue weighted by Gasteiger charge is 2.65. The van der Waals surface area contributed by atoms with Crippen molar-refractivity contribution in [2.24, 2.45) is 45.3 Å². The number of fused-ring (bicyclic) bond motifs is 5. The molecule has 4 fully saturated rings. The van der Waals surface area contributed by atoms with Crippen LogP contribution in [-0.4, -0.2) is 28.7 Å². The summed E-state index contributed by atoms with van der Waals surface area (Å²) in [6.07, 6.45) is 11.1. The van der Waals surface area contributed by atoms with Crippen LogP contribution in [0.2, 0.25) is 0 Å². The first-order chi connectivity index (χ1) is 15.2. The Hall–Kier alpha value is -0.670. The molecule has 0 radical (unpaired) electrons. The second-order valence-corrected chi connectivity index (χ2v) is 14.5. The number of Topliss-reactive ketones (excluding diaryl/α,β-unsaturated/α-hetero) is 1. The van der Waals surface area contributed by atoms with Gasteiger partial charge in [-0.2, -0.15) is 0 Å². The van der Waals surface area contributed by atoms with Gasteiger partial charge in [0.05, 0.1) is 11.7 Å². The van der Waals surface area contributed by atoms with Crippen LogP contribution in [0, 0.1) is 45.3 Å². The maximum absolute atomic E-state index is 12.8. The summed E-state index contributed by atoms with van der Waals surface area (Å²) >= 11 is 0. The summed E-state index contributed by atoms with van der Waals surface area (Å²) in [5, 5.41) is 10.9. The van der Waals surface area contributed by atoms with Gasteiger partial charge < -0.3 is 9.84 Å². The van der Waals surface area contributed by atoms with Crippen LogP contribution >= 0.6 is 0 Å². The van der Waals surface area contributed by atoms with Crippen LogP contribution in [0.4, 0.5) is 0 Å². The topological polar surface area (TPSA) is 49.8 Å². The molecule has 0 aromatic heterocycles. The molecule has 33 heavy (non-hydrogen) atoms. The van der Waals surface area contributed by atoms with Crippen molar-refractivity contribution in [1.82, 2.24) is 0 Å². The zero-order chi connectivity index (χ0) is 24.2. The number of carbonyl (C=O) groups excluding carboxylic acids is 1. The predicted octanol–water partition coefficient (Wildman–Crippen LogP) is 6.73. The smallest absolute Gasteiger partial charge is 0.138 e. The fourth-order valence-corrected chi connectivity index (χ4v) is 9.97. The molecule has 1 N–H and O–H groups in total. The molecule has 5 rings (SSSR count). The van der Waals surface area contributed by atoms with Gasteiger partial charge in [-0.3, -0.25) is 4.79 Å². The largest absolute Gasteiger partial charge is 0.390 e. The summed E-state index contributed by atoms with van der Waals surface area (Å²) in [4.78, 5) is 12.8. The van der Waals surface area contributed by atoms with Crippen LogP contribution in [0.1, 0.15) is 107 Å². The summed E-state index contributed by atoms with van der Waals surface area (Å²) < 4.78 is 5.75. The Kier molecular flexibility index (Phi) is 5.24. The van der Waals surface area contributed by atoms with E-state index in [0.29, 0.717) is 29.5 Å². The monoisotopic (exact) mass is 456 g/mol. The Balaban J connectivity index is 1.41. The van der Waals surface area contributed by atoms with E-state index in [2.05, 4.69) is 61.5 Å². The van der Waals surface area contributed by atoms with E-state index >= 15 is 0 Å². The summed E-state index contributed by atoms with van der Waals surface area (Å²) in [5.41, 5.74) is 2.17. The molecular formula is C30H48O3. The fourth-order valence-electron chi connectivity index (χ4n) is 9.97. The van der Waals surface area contributed by atoms with Crippen LogP contribution < -0.4 is 0 Å². The Morgan fingerprint density at radius 2 is 1.73 bits per heavy atom. The van der Waals surface area contributed by atoms with Gasteiger partial charge in [0.2, 0.25) is 0 Å². The Labute approximate surface area is 202 Å². The molecular weight excluding hydrogens is 408 g/mol. The quantitative estimate of drug-likeness (QED) is 0.377. The van der Waals surface area contributed by atoms with Crippen molar-refractivity contribution >= 4 is 5.78 Å². The van der Waals surface area contributed by atoms with Gasteiger partial charge in [-0.15, -0.1) is 0 Å². The normalized spacial score (nSPS) is 49.4. The molecule has 0 aromatic carbocycles. The van der Waals surface area contributed by atoms with E-state index in [1.165, 1.54) is 25.7 Å². The fraction of sp³-hybridized carbons (Fsp3) is 0.900. The third-order valence-electron chi connectivity index (χ3n) is 12.4. The molecule has 5 aliphatic rings. The molecule has 0 bridgehead atoms. The molecule has 0 amide bonds. The third-order valence-corrected chi connectivity index (χ3v) is 12.4. The molecule has 0 spiro atoms. The number of carbonyl (C=O) groups is 1. The Morgan fingerprint density at radius 1 is 1.06 bits per heavy atom. The van der Waals surface area contributed by atoms with E-state index in [1.807, 2.05) is 0 Å². The number of ketones is 1. The van der Waals surface area contributed by atoms with E-state index in [1.54, 1.807) is 5.57 Å². The summed E-state index contributed by atoms with van der Waals surface area (Å²) in [7, 11) is 0. The molecule has 3 heteroatoms. The maximum Gasteiger partial charge on any atom is 0.138 e. The molecule has 0 aromatic rings. The van der Waals surface area contributed by atoms with Gasteiger partial charge in [0.25, 0.3) is 0 Å². The van der Waals surface area contributed by atoms with Crippen LogP contribution in [0.3, 0.4) is 0 Å². The number of ether oxygens (including phenoxy) is 1. The predicted molar refractivity (Wildman–Crippen MR) is 133 cm³/mol. The van der Waals surface area contributed by atoms with Crippen LogP contribution in [0.5, 0.6) is 0 Å². The van der Waals surface area contributed by atoms with E-state index < -0.39 is 0 Å². The highest BCUT2D eigenvalue weighted by atomic mass is 16.6. The van der Waals surface area contributed by atoms with E-state index in [0.717, 1.165) is 25.7 Å². The standard InChI is InChI=1S/C30H48O3/c1-18(17-22(31)25-27(4,5)33-25)19-11-15-30(8)21-9-10-23-26(2,3)24(32)13-14-28(23,6)20(21)12-16-29(19,30)7/h9,18-20,22-23,25,31H,10-17H2,1-8H3/t18-,19-,20-,22+,23-,25-,28+,29-,30+/m0/s1. The number of hydrogen-bond donors (Lipinski definition) is 1. The minimum atomic E-state index is -0.350. The average molecular weight is 457 g/mol. The highest BCUT2D eigenvalue weighted by molar-refractivity contribution is 5.85. The van der Waals surface area contributed by atoms with Crippen molar-refractivity contribution in [1.29, 1.82) is 0 Å². The number of hydrogen-bond acceptors (Lipinski definition) is 3. The van der Waals surface area contributed by atoms with E-state index in [4.69, 9.17) is 4.74 Å². The van der Waals surface area contributed by atoms with Gasteiger partial charge in [0, 0.05) is 11.8 Å². The van der Waals surface area contributed by atoms with Gasteiger partial charge in [0.15, 0.2) is 0 Å². The van der Waals surface area contributed by atoms with Crippen molar-refractivity contribution < 1.29 is 14.6 Å². The number of rotatable bonds is 4. The minimum absolute atomic E-state index is 0.00609. The van der Waals surface area contributed by atoms with Crippen LogP contribution in [0.25, 0.3) is 0 Å². The lowest BCUT2D eigenvalue weighted by atomic mass is 9.41. The van der Waals surface area contributed by atoms with Crippen molar-refractivity contribution in [3.8, 4) is 0 Å². The zero-order valence-electron chi connectivity index (χ0n) is 22.5. The Bertz CT molecular complexity index is 870. The van der Waals surface area contributed by atoms with Crippen LogP contribution in [-0.2, 0) is 9.53 Å². The van der Waals surface area contributed by atoms with Crippen molar-refractivity contribution in [3.05, 3.63) is 11.6 Å². The van der Waals surface area contributed by atoms with Gasteiger partial charge in [-0.05, 0) is 98.7 Å². The summed E-state index contributed by atoms with van der Waals surface area (Å²) in [5.74, 6) is 2.73. The van der Waals surface area contributed by atoms with Gasteiger partial charge >= 0.3 is 0 Å². The molecule has 0 unspecified atom stereocenters. The Morgan fingerprint density at radius 3 is 2.36 bits per heavy atom. The van der Waals surface area contributed by atoms with Crippen molar-refractivity contribution in [3.63, 3.8) is 0 Å². The first-order valence-electron chi connectivity index (χ1n) is 13.8. The first kappa shape index (κ1) is 24.0. The third kappa shape index (κ3) is 3.16. The second-order valence-electron chi connectivity index (χ2n) is 14.5. The first-order valence-corrected chi connectivity index (χ1v) is 13.8. The lowest BCUT2D eigenvalue weighted by Gasteiger charge is -2.63. The number of aliphatic hydroxyl groups excluding tert-OH is 1.